The molecule has 0 radical (unpaired) electrons. The molecular weight excluding hydrogens is 278 g/mol. The van der Waals surface area contributed by atoms with Gasteiger partial charge in [0.15, 0.2) is 5.82 Å². The fraction of sp³-hybridized carbons (Fsp3) is 0.125. The molecule has 4 rings (SSSR count). The standard InChI is InChI=1S/C16H13N5O/c22-16-13-8-4-5-9-14(13)21-15(17-18-19-21)11-20(16)10-12-6-2-1-3-7-12/h1-9H,10-11H2. The van der Waals surface area contributed by atoms with E-state index < -0.39 is 0 Å². The summed E-state index contributed by atoms with van der Waals surface area (Å²) in [5.41, 5.74) is 2.42. The molecule has 1 aromatic heterocycles. The van der Waals surface area contributed by atoms with Crippen molar-refractivity contribution in [3.05, 3.63) is 71.5 Å². The molecule has 1 aliphatic rings. The van der Waals surface area contributed by atoms with Crippen LogP contribution < -0.4 is 0 Å². The number of fused-ring (bicyclic) bond motifs is 3. The van der Waals surface area contributed by atoms with Gasteiger partial charge in [-0.1, -0.05) is 42.5 Å². The minimum absolute atomic E-state index is 0.0215. The molecular formula is C16H13N5O. The van der Waals surface area contributed by atoms with Gasteiger partial charge in [-0.3, -0.25) is 4.79 Å². The largest absolute Gasteiger partial charge is 0.327 e. The molecule has 0 fully saturated rings. The third kappa shape index (κ3) is 2.05. The van der Waals surface area contributed by atoms with Crippen LogP contribution in [-0.2, 0) is 13.1 Å². The number of nitrogens with zero attached hydrogens (tertiary/aromatic N) is 5. The predicted molar refractivity (Wildman–Crippen MR) is 79.2 cm³/mol. The maximum atomic E-state index is 12.8. The van der Waals surface area contributed by atoms with E-state index in [1.807, 2.05) is 54.6 Å². The molecule has 22 heavy (non-hydrogen) atoms. The van der Waals surface area contributed by atoms with Crippen molar-refractivity contribution in [2.45, 2.75) is 13.1 Å². The molecule has 2 aromatic carbocycles. The zero-order valence-electron chi connectivity index (χ0n) is 11.8. The molecule has 2 heterocycles. The van der Waals surface area contributed by atoms with Crippen molar-refractivity contribution in [2.24, 2.45) is 0 Å². The molecule has 0 unspecified atom stereocenters. The zero-order chi connectivity index (χ0) is 14.9. The van der Waals surface area contributed by atoms with Crippen LogP contribution in [0.3, 0.4) is 0 Å². The summed E-state index contributed by atoms with van der Waals surface area (Å²) in [6, 6.07) is 17.3. The molecule has 108 valence electrons. The summed E-state index contributed by atoms with van der Waals surface area (Å²) in [7, 11) is 0. The van der Waals surface area contributed by atoms with E-state index in [0.29, 0.717) is 24.5 Å². The van der Waals surface area contributed by atoms with E-state index >= 15 is 0 Å². The summed E-state index contributed by atoms with van der Waals surface area (Å²) in [6.07, 6.45) is 0. The monoisotopic (exact) mass is 291 g/mol. The number of carbonyl (C=O) groups excluding carboxylic acids is 1. The van der Waals surface area contributed by atoms with E-state index in [1.165, 1.54) is 0 Å². The average molecular weight is 291 g/mol. The first-order chi connectivity index (χ1) is 10.8. The number of aromatic nitrogens is 4. The molecule has 0 N–H and O–H groups in total. The Morgan fingerprint density at radius 3 is 2.64 bits per heavy atom. The van der Waals surface area contributed by atoms with Gasteiger partial charge >= 0.3 is 0 Å². The minimum atomic E-state index is -0.0215. The van der Waals surface area contributed by atoms with E-state index in [-0.39, 0.29) is 5.91 Å². The van der Waals surface area contributed by atoms with Crippen LogP contribution in [0, 0.1) is 0 Å². The topological polar surface area (TPSA) is 63.9 Å². The molecule has 1 aliphatic heterocycles. The summed E-state index contributed by atoms with van der Waals surface area (Å²) in [5.74, 6) is 0.640. The third-order valence-electron chi connectivity index (χ3n) is 3.73. The van der Waals surface area contributed by atoms with Gasteiger partial charge in [-0.25, -0.2) is 0 Å². The molecule has 0 saturated carbocycles. The first-order valence-corrected chi connectivity index (χ1v) is 7.03. The van der Waals surface area contributed by atoms with Crippen LogP contribution in [0.15, 0.2) is 54.6 Å². The number of amides is 1. The van der Waals surface area contributed by atoms with Crippen LogP contribution >= 0.6 is 0 Å². The predicted octanol–water partition coefficient (Wildman–Crippen LogP) is 1.82. The molecule has 3 aromatic rings. The second-order valence-corrected chi connectivity index (χ2v) is 5.17. The first kappa shape index (κ1) is 12.7. The summed E-state index contributed by atoms with van der Waals surface area (Å²) < 4.78 is 1.64. The lowest BCUT2D eigenvalue weighted by Crippen LogP contribution is -2.29. The van der Waals surface area contributed by atoms with E-state index in [1.54, 1.807) is 9.58 Å². The Bertz CT molecular complexity index is 827. The van der Waals surface area contributed by atoms with Crippen LogP contribution in [-0.4, -0.2) is 31.0 Å². The number of hydrogen-bond acceptors (Lipinski definition) is 4. The molecule has 0 atom stereocenters. The summed E-state index contributed by atoms with van der Waals surface area (Å²) >= 11 is 0. The summed E-state index contributed by atoms with van der Waals surface area (Å²) in [5, 5.41) is 11.8. The molecule has 6 nitrogen and oxygen atoms in total. The van der Waals surface area contributed by atoms with Crippen LogP contribution in [0.5, 0.6) is 0 Å². The lowest BCUT2D eigenvalue weighted by Gasteiger charge is -2.20. The number of para-hydroxylation sites is 1. The fourth-order valence-corrected chi connectivity index (χ4v) is 2.67. The maximum absolute atomic E-state index is 12.8. The summed E-state index contributed by atoms with van der Waals surface area (Å²) in [6.45, 7) is 0.913. The van der Waals surface area contributed by atoms with Gasteiger partial charge in [0.2, 0.25) is 0 Å². The smallest absolute Gasteiger partial charge is 0.256 e. The summed E-state index contributed by atoms with van der Waals surface area (Å²) in [4.78, 5) is 14.6. The van der Waals surface area contributed by atoms with Crippen molar-refractivity contribution in [2.75, 3.05) is 0 Å². The number of carbonyl (C=O) groups is 1. The SMILES string of the molecule is O=C1c2ccccc2-n2nnnc2CN1Cc1ccccc1. The van der Waals surface area contributed by atoms with Gasteiger partial charge in [-0.2, -0.15) is 4.68 Å². The Kier molecular flexibility index (Phi) is 2.93. The van der Waals surface area contributed by atoms with Crippen LogP contribution in [0.4, 0.5) is 0 Å². The van der Waals surface area contributed by atoms with E-state index in [0.717, 1.165) is 11.3 Å². The van der Waals surface area contributed by atoms with E-state index in [4.69, 9.17) is 0 Å². The minimum Gasteiger partial charge on any atom is -0.327 e. The molecule has 0 saturated heterocycles. The molecule has 6 heteroatoms. The fourth-order valence-electron chi connectivity index (χ4n) is 2.67. The number of tetrazole rings is 1. The Morgan fingerprint density at radius 2 is 1.77 bits per heavy atom. The highest BCUT2D eigenvalue weighted by atomic mass is 16.2. The first-order valence-electron chi connectivity index (χ1n) is 7.03. The lowest BCUT2D eigenvalue weighted by molar-refractivity contribution is 0.0731. The van der Waals surface area contributed by atoms with Gasteiger partial charge in [-0.05, 0) is 28.1 Å². The second-order valence-electron chi connectivity index (χ2n) is 5.17. The second kappa shape index (κ2) is 5.07. The highest BCUT2D eigenvalue weighted by Gasteiger charge is 2.27. The highest BCUT2D eigenvalue weighted by molar-refractivity contribution is 5.98. The van der Waals surface area contributed by atoms with Gasteiger partial charge in [0.1, 0.15) is 0 Å². The van der Waals surface area contributed by atoms with Crippen LogP contribution in [0.1, 0.15) is 21.7 Å². The Morgan fingerprint density at radius 1 is 1.00 bits per heavy atom. The van der Waals surface area contributed by atoms with Crippen LogP contribution in [0.25, 0.3) is 5.69 Å². The normalized spacial score (nSPS) is 13.5. The zero-order valence-corrected chi connectivity index (χ0v) is 11.8. The van der Waals surface area contributed by atoms with Gasteiger partial charge in [0, 0.05) is 6.54 Å². The average Bonchev–Trinajstić information content (AvgIpc) is 2.99. The lowest BCUT2D eigenvalue weighted by atomic mass is 10.1. The number of hydrogen-bond donors (Lipinski definition) is 0. The Balaban J connectivity index is 1.79. The van der Waals surface area contributed by atoms with Crippen LogP contribution in [0.2, 0.25) is 0 Å². The van der Waals surface area contributed by atoms with Gasteiger partial charge in [-0.15, -0.1) is 5.10 Å². The molecule has 0 spiro atoms. The third-order valence-corrected chi connectivity index (χ3v) is 3.73. The van der Waals surface area contributed by atoms with E-state index in [9.17, 15) is 4.79 Å². The van der Waals surface area contributed by atoms with E-state index in [2.05, 4.69) is 15.5 Å². The van der Waals surface area contributed by atoms with Crippen molar-refractivity contribution < 1.29 is 4.79 Å². The van der Waals surface area contributed by atoms with Crippen molar-refractivity contribution in [1.82, 2.24) is 25.1 Å². The number of benzene rings is 2. The highest BCUT2D eigenvalue weighted by Crippen LogP contribution is 2.23. The van der Waals surface area contributed by atoms with Crippen molar-refractivity contribution in [3.8, 4) is 5.69 Å². The number of rotatable bonds is 2. The molecule has 0 bridgehead atoms. The maximum Gasteiger partial charge on any atom is 0.256 e. The quantitative estimate of drug-likeness (QED) is 0.722. The van der Waals surface area contributed by atoms with Gasteiger partial charge < -0.3 is 4.90 Å². The Labute approximate surface area is 127 Å². The van der Waals surface area contributed by atoms with Gasteiger partial charge in [0.25, 0.3) is 5.91 Å². The van der Waals surface area contributed by atoms with Crippen molar-refractivity contribution in [1.29, 1.82) is 0 Å². The molecule has 0 aliphatic carbocycles. The van der Waals surface area contributed by atoms with Crippen molar-refractivity contribution in [3.63, 3.8) is 0 Å². The van der Waals surface area contributed by atoms with Gasteiger partial charge in [0.05, 0.1) is 17.8 Å². The Hall–Kier alpha value is -3.02. The van der Waals surface area contributed by atoms with Crippen molar-refractivity contribution >= 4 is 5.91 Å². The molecule has 1 amide bonds.